The normalized spacial score (nSPS) is 9.67. The monoisotopic (exact) mass is 252 g/mol. The Hall–Kier alpha value is -2.11. The molecule has 0 aliphatic heterocycles. The standard InChI is InChI=1S/C12H16N2O4/c1-3-17-10(15)8-14-11-9(6-5-7-13-11)12(16)18-4-2/h5-7H,3-4,8H2,1-2H3,(H,13,14). The maximum absolute atomic E-state index is 11.6. The Bertz CT molecular complexity index is 420. The molecule has 0 aliphatic carbocycles. The highest BCUT2D eigenvalue weighted by Crippen LogP contribution is 2.12. The molecule has 0 fully saturated rings. The molecule has 6 nitrogen and oxygen atoms in total. The van der Waals surface area contributed by atoms with E-state index in [4.69, 9.17) is 9.47 Å². The summed E-state index contributed by atoms with van der Waals surface area (Å²) in [6.45, 7) is 4.00. The average molecular weight is 252 g/mol. The van der Waals surface area contributed by atoms with E-state index in [2.05, 4.69) is 10.3 Å². The van der Waals surface area contributed by atoms with Crippen molar-refractivity contribution < 1.29 is 19.1 Å². The van der Waals surface area contributed by atoms with Crippen molar-refractivity contribution in [1.82, 2.24) is 4.98 Å². The molecule has 0 bridgehead atoms. The molecule has 1 N–H and O–H groups in total. The number of ether oxygens (including phenoxy) is 2. The summed E-state index contributed by atoms with van der Waals surface area (Å²) in [5.41, 5.74) is 0.295. The zero-order valence-electron chi connectivity index (χ0n) is 10.4. The fourth-order valence-electron chi connectivity index (χ4n) is 1.29. The van der Waals surface area contributed by atoms with Gasteiger partial charge in [-0.25, -0.2) is 9.78 Å². The summed E-state index contributed by atoms with van der Waals surface area (Å²) >= 11 is 0. The zero-order chi connectivity index (χ0) is 13.4. The molecule has 0 unspecified atom stereocenters. The summed E-state index contributed by atoms with van der Waals surface area (Å²) < 4.78 is 9.65. The molecule has 1 aromatic rings. The van der Waals surface area contributed by atoms with E-state index in [9.17, 15) is 9.59 Å². The first-order valence-electron chi connectivity index (χ1n) is 5.70. The highest BCUT2D eigenvalue weighted by Gasteiger charge is 2.13. The number of nitrogens with zero attached hydrogens (tertiary/aromatic N) is 1. The van der Waals surface area contributed by atoms with Crippen molar-refractivity contribution in [2.45, 2.75) is 13.8 Å². The lowest BCUT2D eigenvalue weighted by Crippen LogP contribution is -2.19. The topological polar surface area (TPSA) is 77.5 Å². The molecule has 0 aliphatic rings. The number of aromatic nitrogens is 1. The third kappa shape index (κ3) is 4.04. The number of hydrogen-bond donors (Lipinski definition) is 1. The molecule has 0 spiro atoms. The maximum Gasteiger partial charge on any atom is 0.341 e. The zero-order valence-corrected chi connectivity index (χ0v) is 10.4. The second-order valence-electron chi connectivity index (χ2n) is 3.28. The number of pyridine rings is 1. The van der Waals surface area contributed by atoms with Crippen LogP contribution < -0.4 is 5.32 Å². The summed E-state index contributed by atoms with van der Waals surface area (Å²) in [4.78, 5) is 26.8. The van der Waals surface area contributed by atoms with Gasteiger partial charge in [-0.2, -0.15) is 0 Å². The minimum atomic E-state index is -0.475. The van der Waals surface area contributed by atoms with Gasteiger partial charge in [0.05, 0.1) is 13.2 Å². The summed E-state index contributed by atoms with van der Waals surface area (Å²) in [5.74, 6) is -0.570. The van der Waals surface area contributed by atoms with Gasteiger partial charge in [0.15, 0.2) is 0 Å². The quantitative estimate of drug-likeness (QED) is 0.767. The van der Waals surface area contributed by atoms with E-state index in [0.717, 1.165) is 0 Å². The van der Waals surface area contributed by atoms with E-state index in [-0.39, 0.29) is 13.2 Å². The predicted molar refractivity (Wildman–Crippen MR) is 65.3 cm³/mol. The number of hydrogen-bond acceptors (Lipinski definition) is 6. The fraction of sp³-hybridized carbons (Fsp3) is 0.417. The minimum Gasteiger partial charge on any atom is -0.465 e. The van der Waals surface area contributed by atoms with Crippen molar-refractivity contribution in [1.29, 1.82) is 0 Å². The van der Waals surface area contributed by atoms with Crippen LogP contribution in [0.4, 0.5) is 5.82 Å². The average Bonchev–Trinajstić information content (AvgIpc) is 2.37. The summed E-state index contributed by atoms with van der Waals surface area (Å²) in [5, 5.41) is 2.75. The molecule has 6 heteroatoms. The first-order chi connectivity index (χ1) is 8.69. The highest BCUT2D eigenvalue weighted by atomic mass is 16.5. The highest BCUT2D eigenvalue weighted by molar-refractivity contribution is 5.95. The molecule has 0 saturated carbocycles. The van der Waals surface area contributed by atoms with Gasteiger partial charge in [0.25, 0.3) is 0 Å². The van der Waals surface area contributed by atoms with E-state index < -0.39 is 11.9 Å². The molecule has 98 valence electrons. The van der Waals surface area contributed by atoms with Gasteiger partial charge in [-0.15, -0.1) is 0 Å². The van der Waals surface area contributed by atoms with Crippen molar-refractivity contribution >= 4 is 17.8 Å². The smallest absolute Gasteiger partial charge is 0.341 e. The molecule has 1 aromatic heterocycles. The van der Waals surface area contributed by atoms with Gasteiger partial charge in [0.1, 0.15) is 17.9 Å². The van der Waals surface area contributed by atoms with Gasteiger partial charge in [0.2, 0.25) is 0 Å². The molecule has 18 heavy (non-hydrogen) atoms. The SMILES string of the molecule is CCOC(=O)CNc1ncccc1C(=O)OCC. The second-order valence-corrected chi connectivity index (χ2v) is 3.28. The molecule has 0 amide bonds. The Kier molecular flexibility index (Phi) is 5.63. The Morgan fingerprint density at radius 1 is 1.28 bits per heavy atom. The Balaban J connectivity index is 2.70. The molecule has 0 aromatic carbocycles. The molecular weight excluding hydrogens is 236 g/mol. The minimum absolute atomic E-state index is 0.0444. The van der Waals surface area contributed by atoms with E-state index in [1.165, 1.54) is 6.20 Å². The van der Waals surface area contributed by atoms with Crippen molar-refractivity contribution in [3.05, 3.63) is 23.9 Å². The van der Waals surface area contributed by atoms with Crippen LogP contribution in [0, 0.1) is 0 Å². The number of anilines is 1. The summed E-state index contributed by atoms with van der Waals surface area (Å²) in [6.07, 6.45) is 1.52. The lowest BCUT2D eigenvalue weighted by Gasteiger charge is -2.09. The van der Waals surface area contributed by atoms with Crippen LogP contribution in [-0.4, -0.2) is 36.7 Å². The lowest BCUT2D eigenvalue weighted by atomic mass is 10.2. The van der Waals surface area contributed by atoms with E-state index >= 15 is 0 Å². The van der Waals surface area contributed by atoms with Gasteiger partial charge < -0.3 is 14.8 Å². The van der Waals surface area contributed by atoms with Crippen molar-refractivity contribution in [2.75, 3.05) is 25.1 Å². The summed E-state index contributed by atoms with van der Waals surface area (Å²) in [7, 11) is 0. The van der Waals surface area contributed by atoms with Gasteiger partial charge in [-0.1, -0.05) is 0 Å². The van der Waals surface area contributed by atoms with Crippen LogP contribution in [0.3, 0.4) is 0 Å². The van der Waals surface area contributed by atoms with Crippen LogP contribution in [-0.2, 0) is 14.3 Å². The number of carbonyl (C=O) groups is 2. The third-order valence-corrected chi connectivity index (χ3v) is 2.01. The van der Waals surface area contributed by atoms with E-state index in [1.807, 2.05) is 0 Å². The molecular formula is C12H16N2O4. The van der Waals surface area contributed by atoms with Crippen molar-refractivity contribution in [3.63, 3.8) is 0 Å². The van der Waals surface area contributed by atoms with E-state index in [0.29, 0.717) is 18.0 Å². The van der Waals surface area contributed by atoms with Crippen molar-refractivity contribution in [2.24, 2.45) is 0 Å². The molecule has 1 heterocycles. The van der Waals surface area contributed by atoms with Gasteiger partial charge in [-0.05, 0) is 26.0 Å². The van der Waals surface area contributed by atoms with Crippen LogP contribution in [0.15, 0.2) is 18.3 Å². The van der Waals surface area contributed by atoms with Crippen LogP contribution in [0.1, 0.15) is 24.2 Å². The Morgan fingerprint density at radius 3 is 2.67 bits per heavy atom. The largest absolute Gasteiger partial charge is 0.465 e. The van der Waals surface area contributed by atoms with Gasteiger partial charge >= 0.3 is 11.9 Å². The number of carbonyl (C=O) groups excluding carboxylic acids is 2. The van der Waals surface area contributed by atoms with Crippen LogP contribution in [0.25, 0.3) is 0 Å². The van der Waals surface area contributed by atoms with E-state index in [1.54, 1.807) is 26.0 Å². The second kappa shape index (κ2) is 7.26. The van der Waals surface area contributed by atoms with Crippen LogP contribution in [0.5, 0.6) is 0 Å². The maximum atomic E-state index is 11.6. The molecule has 0 saturated heterocycles. The summed E-state index contributed by atoms with van der Waals surface area (Å²) in [6, 6.07) is 3.21. The first kappa shape index (κ1) is 14.0. The van der Waals surface area contributed by atoms with Gasteiger partial charge in [0, 0.05) is 6.20 Å². The molecule has 0 radical (unpaired) electrons. The number of nitrogens with one attached hydrogen (secondary N) is 1. The first-order valence-corrected chi connectivity index (χ1v) is 5.70. The number of rotatable bonds is 6. The van der Waals surface area contributed by atoms with Crippen molar-refractivity contribution in [3.8, 4) is 0 Å². The Morgan fingerprint density at radius 2 is 2.00 bits per heavy atom. The lowest BCUT2D eigenvalue weighted by molar-refractivity contribution is -0.140. The van der Waals surface area contributed by atoms with Gasteiger partial charge in [-0.3, -0.25) is 4.79 Å². The van der Waals surface area contributed by atoms with Crippen LogP contribution >= 0.6 is 0 Å². The molecule has 0 atom stereocenters. The third-order valence-electron chi connectivity index (χ3n) is 2.01. The Labute approximate surface area is 105 Å². The van der Waals surface area contributed by atoms with Crippen LogP contribution in [0.2, 0.25) is 0 Å². The predicted octanol–water partition coefficient (Wildman–Crippen LogP) is 1.23. The number of esters is 2. The fourth-order valence-corrected chi connectivity index (χ4v) is 1.29. The molecule has 1 rings (SSSR count).